The number of nitrogens with zero attached hydrogens (tertiary/aromatic N) is 4. The molecule has 2 aromatic rings. The fourth-order valence-corrected chi connectivity index (χ4v) is 1.42. The summed E-state index contributed by atoms with van der Waals surface area (Å²) in [6.45, 7) is 0.213. The monoisotopic (exact) mass is 257 g/mol. The minimum Gasteiger partial charge on any atom is -0.296 e. The van der Waals surface area contributed by atoms with Crippen molar-refractivity contribution in [3.63, 3.8) is 0 Å². The first-order chi connectivity index (χ1) is 9.29. The zero-order chi connectivity index (χ0) is 13.5. The second-order valence-electron chi connectivity index (χ2n) is 3.69. The standard InChI is InChI=1S/C12H11N5O2/c13-6-11-15-14-9-17(11)7-12(18)16-19-8-10-4-2-1-3-5-10/h1-5,9H,7-8H2,(H,16,18). The molecule has 1 N–H and O–H groups in total. The summed E-state index contributed by atoms with van der Waals surface area (Å²) in [6.07, 6.45) is 1.31. The number of nitrogens with one attached hydrogen (secondary N) is 1. The number of hydrogen-bond donors (Lipinski definition) is 1. The van der Waals surface area contributed by atoms with Crippen LogP contribution in [0.5, 0.6) is 0 Å². The molecule has 0 fully saturated rings. The zero-order valence-corrected chi connectivity index (χ0v) is 9.98. The zero-order valence-electron chi connectivity index (χ0n) is 9.98. The second-order valence-corrected chi connectivity index (χ2v) is 3.69. The highest BCUT2D eigenvalue weighted by atomic mass is 16.6. The van der Waals surface area contributed by atoms with Crippen LogP contribution in [0.25, 0.3) is 0 Å². The molecule has 0 atom stereocenters. The summed E-state index contributed by atoms with van der Waals surface area (Å²) in [5.41, 5.74) is 3.24. The van der Waals surface area contributed by atoms with Crippen LogP contribution >= 0.6 is 0 Å². The van der Waals surface area contributed by atoms with Gasteiger partial charge in [0.2, 0.25) is 5.82 Å². The summed E-state index contributed by atoms with van der Waals surface area (Å²) < 4.78 is 1.33. The van der Waals surface area contributed by atoms with E-state index >= 15 is 0 Å². The Morgan fingerprint density at radius 2 is 2.21 bits per heavy atom. The Labute approximate surface area is 109 Å². The summed E-state index contributed by atoms with van der Waals surface area (Å²) in [5.74, 6) is -0.301. The highest BCUT2D eigenvalue weighted by Crippen LogP contribution is 1.99. The fraction of sp³-hybridized carbons (Fsp3) is 0.167. The van der Waals surface area contributed by atoms with Crippen molar-refractivity contribution in [2.45, 2.75) is 13.2 Å². The van der Waals surface area contributed by atoms with E-state index in [1.54, 1.807) is 0 Å². The number of hydrogen-bond acceptors (Lipinski definition) is 5. The van der Waals surface area contributed by atoms with E-state index in [0.717, 1.165) is 5.56 Å². The van der Waals surface area contributed by atoms with E-state index in [4.69, 9.17) is 10.1 Å². The number of amides is 1. The van der Waals surface area contributed by atoms with E-state index < -0.39 is 0 Å². The average Bonchev–Trinajstić information content (AvgIpc) is 2.87. The van der Waals surface area contributed by atoms with Gasteiger partial charge in [-0.1, -0.05) is 30.3 Å². The van der Waals surface area contributed by atoms with E-state index in [9.17, 15) is 4.79 Å². The van der Waals surface area contributed by atoms with Crippen molar-refractivity contribution in [2.75, 3.05) is 0 Å². The Hall–Kier alpha value is -2.72. The average molecular weight is 257 g/mol. The molecule has 0 radical (unpaired) electrons. The molecule has 1 aromatic carbocycles. The molecule has 0 spiro atoms. The lowest BCUT2D eigenvalue weighted by molar-refractivity contribution is -0.135. The van der Waals surface area contributed by atoms with Crippen LogP contribution in [-0.2, 0) is 22.8 Å². The summed E-state index contributed by atoms with van der Waals surface area (Å²) >= 11 is 0. The van der Waals surface area contributed by atoms with Gasteiger partial charge in [0.15, 0.2) is 0 Å². The number of benzene rings is 1. The van der Waals surface area contributed by atoms with Gasteiger partial charge in [-0.2, -0.15) is 5.26 Å². The van der Waals surface area contributed by atoms with Gasteiger partial charge in [0, 0.05) is 0 Å². The van der Waals surface area contributed by atoms with Crippen LogP contribution < -0.4 is 5.48 Å². The third-order valence-electron chi connectivity index (χ3n) is 2.30. The molecule has 7 nitrogen and oxygen atoms in total. The lowest BCUT2D eigenvalue weighted by Crippen LogP contribution is -2.27. The molecule has 96 valence electrons. The number of rotatable bonds is 5. The van der Waals surface area contributed by atoms with Crippen molar-refractivity contribution in [2.24, 2.45) is 0 Å². The predicted molar refractivity (Wildman–Crippen MR) is 64.1 cm³/mol. The molecular weight excluding hydrogens is 246 g/mol. The third-order valence-corrected chi connectivity index (χ3v) is 2.30. The summed E-state index contributed by atoms with van der Waals surface area (Å²) in [7, 11) is 0. The molecule has 1 amide bonds. The van der Waals surface area contributed by atoms with Gasteiger partial charge in [-0.05, 0) is 5.56 Å². The Morgan fingerprint density at radius 1 is 1.42 bits per heavy atom. The molecule has 1 heterocycles. The van der Waals surface area contributed by atoms with Gasteiger partial charge in [0.05, 0.1) is 6.61 Å². The molecule has 7 heteroatoms. The SMILES string of the molecule is N#Cc1nncn1CC(=O)NOCc1ccccc1. The van der Waals surface area contributed by atoms with Crippen molar-refractivity contribution < 1.29 is 9.63 Å². The van der Waals surface area contributed by atoms with Gasteiger partial charge >= 0.3 is 0 Å². The van der Waals surface area contributed by atoms with Crippen molar-refractivity contribution in [1.29, 1.82) is 5.26 Å². The molecule has 0 aliphatic rings. The van der Waals surface area contributed by atoms with Crippen LogP contribution in [0.15, 0.2) is 36.7 Å². The van der Waals surface area contributed by atoms with Crippen LogP contribution in [0, 0.1) is 11.3 Å². The number of carbonyl (C=O) groups excluding carboxylic acids is 1. The number of hydroxylamine groups is 1. The van der Waals surface area contributed by atoms with Crippen molar-refractivity contribution >= 4 is 5.91 Å². The Bertz CT molecular complexity index is 588. The molecule has 0 aliphatic carbocycles. The largest absolute Gasteiger partial charge is 0.296 e. The molecule has 1 aromatic heterocycles. The highest BCUT2D eigenvalue weighted by molar-refractivity contribution is 5.74. The van der Waals surface area contributed by atoms with E-state index in [1.165, 1.54) is 10.9 Å². The summed E-state index contributed by atoms with van der Waals surface area (Å²) in [6, 6.07) is 11.3. The first-order valence-corrected chi connectivity index (χ1v) is 5.52. The minimum atomic E-state index is -0.382. The Morgan fingerprint density at radius 3 is 2.95 bits per heavy atom. The van der Waals surface area contributed by atoms with E-state index in [1.807, 2.05) is 36.4 Å². The first-order valence-electron chi connectivity index (χ1n) is 5.52. The van der Waals surface area contributed by atoms with Crippen LogP contribution in [0.3, 0.4) is 0 Å². The minimum absolute atomic E-state index is 0.0648. The van der Waals surface area contributed by atoms with Crippen LogP contribution in [0.4, 0.5) is 0 Å². The predicted octanol–water partition coefficient (Wildman–Crippen LogP) is 0.398. The topological polar surface area (TPSA) is 92.8 Å². The smallest absolute Gasteiger partial charge is 0.263 e. The summed E-state index contributed by atoms with van der Waals surface area (Å²) in [5, 5.41) is 15.8. The van der Waals surface area contributed by atoms with Crippen LogP contribution in [0.2, 0.25) is 0 Å². The first kappa shape index (κ1) is 12.7. The van der Waals surface area contributed by atoms with Gasteiger partial charge < -0.3 is 0 Å². The van der Waals surface area contributed by atoms with Gasteiger partial charge in [-0.25, -0.2) is 5.48 Å². The molecule has 0 saturated heterocycles. The summed E-state index contributed by atoms with van der Waals surface area (Å²) in [4.78, 5) is 16.6. The van der Waals surface area contributed by atoms with Crippen LogP contribution in [-0.4, -0.2) is 20.7 Å². The fourth-order valence-electron chi connectivity index (χ4n) is 1.42. The maximum absolute atomic E-state index is 11.5. The molecule has 19 heavy (non-hydrogen) atoms. The molecule has 0 bridgehead atoms. The van der Waals surface area contributed by atoms with E-state index in [2.05, 4.69) is 15.7 Å². The lowest BCUT2D eigenvalue weighted by Gasteiger charge is -2.06. The Kier molecular flexibility index (Phi) is 4.21. The number of carbonyl (C=O) groups is 1. The van der Waals surface area contributed by atoms with Gasteiger partial charge in [-0.15, -0.1) is 10.2 Å². The normalized spacial score (nSPS) is 9.84. The van der Waals surface area contributed by atoms with Crippen molar-refractivity contribution in [3.05, 3.63) is 48.0 Å². The molecule has 0 saturated carbocycles. The van der Waals surface area contributed by atoms with Crippen molar-refractivity contribution in [1.82, 2.24) is 20.2 Å². The lowest BCUT2D eigenvalue weighted by atomic mass is 10.2. The van der Waals surface area contributed by atoms with Gasteiger partial charge in [0.25, 0.3) is 5.91 Å². The third kappa shape index (κ3) is 3.62. The van der Waals surface area contributed by atoms with Crippen molar-refractivity contribution in [3.8, 4) is 6.07 Å². The van der Waals surface area contributed by atoms with E-state index in [-0.39, 0.29) is 24.9 Å². The van der Waals surface area contributed by atoms with Gasteiger partial charge in [0.1, 0.15) is 18.9 Å². The Balaban J connectivity index is 1.78. The number of aromatic nitrogens is 3. The maximum Gasteiger partial charge on any atom is 0.263 e. The van der Waals surface area contributed by atoms with Gasteiger partial charge in [-0.3, -0.25) is 14.2 Å². The molecule has 0 aliphatic heterocycles. The van der Waals surface area contributed by atoms with Crippen LogP contribution in [0.1, 0.15) is 11.4 Å². The second kappa shape index (κ2) is 6.28. The highest BCUT2D eigenvalue weighted by Gasteiger charge is 2.07. The quantitative estimate of drug-likeness (QED) is 0.782. The number of nitriles is 1. The van der Waals surface area contributed by atoms with E-state index in [0.29, 0.717) is 0 Å². The molecule has 0 unspecified atom stereocenters. The maximum atomic E-state index is 11.5. The molecule has 2 rings (SSSR count). The molecular formula is C12H11N5O2.